The third-order valence-corrected chi connectivity index (χ3v) is 2.02. The molecule has 84 valence electrons. The fourth-order valence-electron chi connectivity index (χ4n) is 1.37. The maximum atomic E-state index is 5.30. The van der Waals surface area contributed by atoms with E-state index in [1.165, 1.54) is 0 Å². The number of nitrogens with one attached hydrogen (secondary N) is 1. The molecule has 1 rings (SSSR count). The summed E-state index contributed by atoms with van der Waals surface area (Å²) in [6.07, 6.45) is 3.97. The predicted octanol–water partition coefficient (Wildman–Crippen LogP) is 2.48. The standard InChI is InChI=1S/C11H19N3O/c1-4-6-9(3)13-11-12-8-7-10(14-11)15-5-2/h7-9H,4-6H2,1-3H3,(H,12,13,14). The lowest BCUT2D eigenvalue weighted by atomic mass is 10.2. The monoisotopic (exact) mass is 209 g/mol. The molecule has 0 spiro atoms. The van der Waals surface area contributed by atoms with Crippen LogP contribution in [0, 0.1) is 0 Å². The maximum absolute atomic E-state index is 5.30. The summed E-state index contributed by atoms with van der Waals surface area (Å²) in [7, 11) is 0. The van der Waals surface area contributed by atoms with Crippen molar-refractivity contribution < 1.29 is 4.74 Å². The van der Waals surface area contributed by atoms with Gasteiger partial charge < -0.3 is 10.1 Å². The van der Waals surface area contributed by atoms with Crippen LogP contribution >= 0.6 is 0 Å². The Balaban J connectivity index is 2.56. The molecule has 0 bridgehead atoms. The van der Waals surface area contributed by atoms with Crippen LogP contribution in [0.25, 0.3) is 0 Å². The number of rotatable bonds is 6. The first-order valence-electron chi connectivity index (χ1n) is 5.48. The van der Waals surface area contributed by atoms with Crippen LogP contribution in [-0.4, -0.2) is 22.6 Å². The van der Waals surface area contributed by atoms with E-state index >= 15 is 0 Å². The van der Waals surface area contributed by atoms with Gasteiger partial charge in [0, 0.05) is 18.3 Å². The summed E-state index contributed by atoms with van der Waals surface area (Å²) < 4.78 is 5.30. The van der Waals surface area contributed by atoms with Crippen LogP contribution in [0.3, 0.4) is 0 Å². The first-order chi connectivity index (χ1) is 7.26. The third kappa shape index (κ3) is 4.14. The number of hydrogen-bond acceptors (Lipinski definition) is 4. The van der Waals surface area contributed by atoms with E-state index in [0.717, 1.165) is 12.8 Å². The van der Waals surface area contributed by atoms with E-state index in [1.807, 2.05) is 6.92 Å². The minimum absolute atomic E-state index is 0.395. The average molecular weight is 209 g/mol. The SMILES string of the molecule is CCCC(C)Nc1nccc(OCC)n1. The van der Waals surface area contributed by atoms with Gasteiger partial charge in [-0.1, -0.05) is 13.3 Å². The Morgan fingerprint density at radius 2 is 2.27 bits per heavy atom. The number of aromatic nitrogens is 2. The minimum atomic E-state index is 0.395. The number of ether oxygens (including phenoxy) is 1. The molecule has 1 atom stereocenters. The zero-order valence-corrected chi connectivity index (χ0v) is 9.66. The van der Waals surface area contributed by atoms with E-state index < -0.39 is 0 Å². The van der Waals surface area contributed by atoms with Crippen LogP contribution in [0.1, 0.15) is 33.6 Å². The van der Waals surface area contributed by atoms with Crippen molar-refractivity contribution in [3.05, 3.63) is 12.3 Å². The van der Waals surface area contributed by atoms with E-state index in [4.69, 9.17) is 4.74 Å². The summed E-state index contributed by atoms with van der Waals surface area (Å²) in [6, 6.07) is 2.16. The molecule has 1 unspecified atom stereocenters. The van der Waals surface area contributed by atoms with Crippen LogP contribution in [0.4, 0.5) is 5.95 Å². The molecule has 1 heterocycles. The van der Waals surface area contributed by atoms with Gasteiger partial charge in [0.25, 0.3) is 0 Å². The van der Waals surface area contributed by atoms with E-state index in [9.17, 15) is 0 Å². The quantitative estimate of drug-likeness (QED) is 0.781. The van der Waals surface area contributed by atoms with Crippen LogP contribution in [0.2, 0.25) is 0 Å². The van der Waals surface area contributed by atoms with Gasteiger partial charge in [0.15, 0.2) is 0 Å². The topological polar surface area (TPSA) is 47.0 Å². The highest BCUT2D eigenvalue weighted by atomic mass is 16.5. The van der Waals surface area contributed by atoms with E-state index in [2.05, 4.69) is 29.1 Å². The summed E-state index contributed by atoms with van der Waals surface area (Å²) in [5.74, 6) is 1.26. The molecule has 0 saturated heterocycles. The van der Waals surface area contributed by atoms with Gasteiger partial charge in [0.2, 0.25) is 11.8 Å². The molecule has 0 saturated carbocycles. The normalized spacial score (nSPS) is 12.2. The largest absolute Gasteiger partial charge is 0.478 e. The Hall–Kier alpha value is -1.32. The maximum Gasteiger partial charge on any atom is 0.226 e. The molecule has 4 heteroatoms. The van der Waals surface area contributed by atoms with Gasteiger partial charge in [-0.3, -0.25) is 0 Å². The first kappa shape index (κ1) is 11.8. The van der Waals surface area contributed by atoms with Gasteiger partial charge in [-0.05, 0) is 20.3 Å². The Kier molecular flexibility index (Phi) is 4.87. The molecule has 4 nitrogen and oxygen atoms in total. The van der Waals surface area contributed by atoms with Crippen molar-refractivity contribution in [2.45, 2.75) is 39.7 Å². The van der Waals surface area contributed by atoms with E-state index in [0.29, 0.717) is 24.5 Å². The minimum Gasteiger partial charge on any atom is -0.478 e. The molecule has 0 aliphatic heterocycles. The molecule has 0 aliphatic rings. The highest BCUT2D eigenvalue weighted by Crippen LogP contribution is 2.10. The molecule has 1 aromatic rings. The Morgan fingerprint density at radius 3 is 2.93 bits per heavy atom. The van der Waals surface area contributed by atoms with Crippen molar-refractivity contribution in [1.29, 1.82) is 0 Å². The number of hydrogen-bond donors (Lipinski definition) is 1. The van der Waals surface area contributed by atoms with Crippen LogP contribution in [0.15, 0.2) is 12.3 Å². The zero-order chi connectivity index (χ0) is 11.1. The fraction of sp³-hybridized carbons (Fsp3) is 0.636. The van der Waals surface area contributed by atoms with Gasteiger partial charge in [0.1, 0.15) is 0 Å². The van der Waals surface area contributed by atoms with Crippen LogP contribution < -0.4 is 10.1 Å². The Labute approximate surface area is 91.1 Å². The molecular weight excluding hydrogens is 190 g/mol. The van der Waals surface area contributed by atoms with Crippen molar-refractivity contribution in [2.75, 3.05) is 11.9 Å². The summed E-state index contributed by atoms with van der Waals surface area (Å²) >= 11 is 0. The van der Waals surface area contributed by atoms with E-state index in [-0.39, 0.29) is 0 Å². The average Bonchev–Trinajstić information content (AvgIpc) is 2.19. The molecule has 1 aromatic heterocycles. The number of anilines is 1. The van der Waals surface area contributed by atoms with Gasteiger partial charge in [-0.15, -0.1) is 0 Å². The van der Waals surface area contributed by atoms with E-state index in [1.54, 1.807) is 12.3 Å². The second-order valence-corrected chi connectivity index (χ2v) is 3.49. The lowest BCUT2D eigenvalue weighted by molar-refractivity contribution is 0.326. The second-order valence-electron chi connectivity index (χ2n) is 3.49. The Morgan fingerprint density at radius 1 is 1.47 bits per heavy atom. The summed E-state index contributed by atoms with van der Waals surface area (Å²) in [5, 5.41) is 3.24. The molecule has 15 heavy (non-hydrogen) atoms. The fourth-order valence-corrected chi connectivity index (χ4v) is 1.37. The smallest absolute Gasteiger partial charge is 0.226 e. The molecule has 0 aromatic carbocycles. The second kappa shape index (κ2) is 6.22. The molecular formula is C11H19N3O. The van der Waals surface area contributed by atoms with Crippen molar-refractivity contribution >= 4 is 5.95 Å². The summed E-state index contributed by atoms with van der Waals surface area (Å²) in [4.78, 5) is 8.38. The summed E-state index contributed by atoms with van der Waals surface area (Å²) in [6.45, 7) is 6.85. The Bertz CT molecular complexity index is 291. The summed E-state index contributed by atoms with van der Waals surface area (Å²) in [5.41, 5.74) is 0. The van der Waals surface area contributed by atoms with Crippen molar-refractivity contribution in [1.82, 2.24) is 9.97 Å². The van der Waals surface area contributed by atoms with Crippen LogP contribution in [0.5, 0.6) is 5.88 Å². The first-order valence-corrected chi connectivity index (χ1v) is 5.48. The number of nitrogens with zero attached hydrogens (tertiary/aromatic N) is 2. The van der Waals surface area contributed by atoms with Gasteiger partial charge >= 0.3 is 0 Å². The van der Waals surface area contributed by atoms with Gasteiger partial charge in [-0.25, -0.2) is 4.98 Å². The molecule has 1 N–H and O–H groups in total. The third-order valence-electron chi connectivity index (χ3n) is 2.02. The highest BCUT2D eigenvalue weighted by molar-refractivity contribution is 5.28. The lowest BCUT2D eigenvalue weighted by Crippen LogP contribution is -2.16. The van der Waals surface area contributed by atoms with Gasteiger partial charge in [-0.2, -0.15) is 4.98 Å². The van der Waals surface area contributed by atoms with Gasteiger partial charge in [0.05, 0.1) is 6.61 Å². The van der Waals surface area contributed by atoms with Crippen molar-refractivity contribution in [2.24, 2.45) is 0 Å². The van der Waals surface area contributed by atoms with Crippen LogP contribution in [-0.2, 0) is 0 Å². The molecule has 0 aliphatic carbocycles. The zero-order valence-electron chi connectivity index (χ0n) is 9.66. The molecule has 0 amide bonds. The molecule has 0 fully saturated rings. The highest BCUT2D eigenvalue weighted by Gasteiger charge is 2.03. The van der Waals surface area contributed by atoms with Crippen molar-refractivity contribution in [3.8, 4) is 5.88 Å². The molecule has 0 radical (unpaired) electrons. The van der Waals surface area contributed by atoms with Crippen molar-refractivity contribution in [3.63, 3.8) is 0 Å². The predicted molar refractivity (Wildman–Crippen MR) is 61.2 cm³/mol. The lowest BCUT2D eigenvalue weighted by Gasteiger charge is -2.12.